The first-order valence-electron chi connectivity index (χ1n) is 1.65. The highest BCUT2D eigenvalue weighted by Gasteiger charge is 2.25. The lowest BCUT2D eigenvalue weighted by Gasteiger charge is -2.34. The molecule has 0 aromatic carbocycles. The van der Waals surface area contributed by atoms with Crippen molar-refractivity contribution < 1.29 is 23.1 Å². The van der Waals surface area contributed by atoms with E-state index in [4.69, 9.17) is 0 Å². The SMILES string of the molecule is CC(F)(F)P(=O)([O-])[O-]. The molecule has 0 heterocycles. The third kappa shape index (κ3) is 1.86. The van der Waals surface area contributed by atoms with Gasteiger partial charge < -0.3 is 14.4 Å². The zero-order valence-electron chi connectivity index (χ0n) is 3.93. The van der Waals surface area contributed by atoms with Gasteiger partial charge in [-0.1, -0.05) is 0 Å². The average Bonchev–Trinajstić information content (AvgIpc) is 1.25. The number of hydrogen-bond donors (Lipinski definition) is 0. The molecule has 8 heavy (non-hydrogen) atoms. The summed E-state index contributed by atoms with van der Waals surface area (Å²) in [6, 6.07) is 0. The molecule has 0 aromatic rings. The van der Waals surface area contributed by atoms with Gasteiger partial charge in [-0.15, -0.1) is 0 Å². The van der Waals surface area contributed by atoms with Crippen molar-refractivity contribution in [3.63, 3.8) is 0 Å². The van der Waals surface area contributed by atoms with Crippen molar-refractivity contribution in [1.82, 2.24) is 0 Å². The monoisotopic (exact) mass is 144 g/mol. The summed E-state index contributed by atoms with van der Waals surface area (Å²) in [6.07, 6.45) is 0. The average molecular weight is 144 g/mol. The van der Waals surface area contributed by atoms with Crippen LogP contribution in [0.3, 0.4) is 0 Å². The third-order valence-corrected chi connectivity index (χ3v) is 1.44. The lowest BCUT2D eigenvalue weighted by atomic mass is 10.9. The predicted octanol–water partition coefficient (Wildman–Crippen LogP) is -0.487. The van der Waals surface area contributed by atoms with Gasteiger partial charge in [-0.2, -0.15) is 0 Å². The van der Waals surface area contributed by atoms with Gasteiger partial charge in [0, 0.05) is 14.5 Å². The predicted molar refractivity (Wildman–Crippen MR) is 18.2 cm³/mol. The molecular weight excluding hydrogens is 141 g/mol. The summed E-state index contributed by atoms with van der Waals surface area (Å²) < 4.78 is 32.1. The van der Waals surface area contributed by atoms with E-state index in [0.29, 0.717) is 0 Å². The fourth-order valence-electron chi connectivity index (χ4n) is 0. The maximum Gasteiger partial charge on any atom is 0.269 e. The highest BCUT2D eigenvalue weighted by molar-refractivity contribution is 7.50. The molecule has 0 amide bonds. The molecule has 0 N–H and O–H groups in total. The number of halogens is 2. The van der Waals surface area contributed by atoms with E-state index in [1.807, 2.05) is 0 Å². The zero-order chi connectivity index (χ0) is 7.00. The van der Waals surface area contributed by atoms with Crippen LogP contribution in [0.4, 0.5) is 8.78 Å². The van der Waals surface area contributed by atoms with Crippen molar-refractivity contribution >= 4 is 7.60 Å². The maximum atomic E-state index is 11.3. The minimum absolute atomic E-state index is 0.0494. The van der Waals surface area contributed by atoms with Crippen LogP contribution in [0.1, 0.15) is 6.92 Å². The van der Waals surface area contributed by atoms with Crippen LogP contribution in [-0.4, -0.2) is 5.66 Å². The van der Waals surface area contributed by atoms with E-state index >= 15 is 0 Å². The van der Waals surface area contributed by atoms with Gasteiger partial charge in [0.25, 0.3) is 5.66 Å². The molecule has 0 aromatic heterocycles. The van der Waals surface area contributed by atoms with Gasteiger partial charge in [0.15, 0.2) is 0 Å². The van der Waals surface area contributed by atoms with E-state index in [1.54, 1.807) is 0 Å². The zero-order valence-corrected chi connectivity index (χ0v) is 4.82. The van der Waals surface area contributed by atoms with E-state index < -0.39 is 13.3 Å². The van der Waals surface area contributed by atoms with Crippen LogP contribution in [0.15, 0.2) is 0 Å². The molecule has 0 aliphatic carbocycles. The molecule has 0 aliphatic rings. The molecule has 0 spiro atoms. The maximum absolute atomic E-state index is 11.3. The Balaban J connectivity index is 4.26. The second-order valence-electron chi connectivity index (χ2n) is 1.34. The first kappa shape index (κ1) is 8.01. The van der Waals surface area contributed by atoms with Gasteiger partial charge in [0.05, 0.1) is 0 Å². The van der Waals surface area contributed by atoms with Crippen LogP contribution >= 0.6 is 7.60 Å². The Labute approximate surface area is 44.5 Å². The summed E-state index contributed by atoms with van der Waals surface area (Å²) >= 11 is 0. The lowest BCUT2D eigenvalue weighted by Crippen LogP contribution is -2.28. The van der Waals surface area contributed by atoms with Gasteiger partial charge in [-0.3, -0.25) is 0 Å². The summed E-state index contributed by atoms with van der Waals surface area (Å²) in [5.41, 5.74) is -4.12. The van der Waals surface area contributed by atoms with Crippen LogP contribution in [-0.2, 0) is 4.57 Å². The van der Waals surface area contributed by atoms with Crippen molar-refractivity contribution in [3.05, 3.63) is 0 Å². The molecule has 0 aliphatic heterocycles. The minimum atomic E-state index is -5.68. The van der Waals surface area contributed by atoms with E-state index in [2.05, 4.69) is 0 Å². The molecule has 0 atom stereocenters. The van der Waals surface area contributed by atoms with Crippen LogP contribution in [0, 0.1) is 0 Å². The van der Waals surface area contributed by atoms with Gasteiger partial charge in [-0.25, -0.2) is 8.78 Å². The summed E-state index contributed by atoms with van der Waals surface area (Å²) in [5.74, 6) is 0. The van der Waals surface area contributed by atoms with Crippen LogP contribution in [0.5, 0.6) is 0 Å². The second-order valence-corrected chi connectivity index (χ2v) is 3.12. The molecule has 0 saturated heterocycles. The Hall–Kier alpha value is 0.01000. The van der Waals surface area contributed by atoms with E-state index in [0.717, 1.165) is 0 Å². The largest absolute Gasteiger partial charge is 0.807 e. The van der Waals surface area contributed by atoms with Crippen LogP contribution in [0.25, 0.3) is 0 Å². The summed E-state index contributed by atoms with van der Waals surface area (Å²) in [7, 11) is -5.68. The molecule has 6 heteroatoms. The molecular formula is C2H3F2O3P-2. The third-order valence-electron chi connectivity index (χ3n) is 0.481. The molecule has 50 valence electrons. The van der Waals surface area contributed by atoms with Crippen molar-refractivity contribution in [2.75, 3.05) is 0 Å². The Morgan fingerprint density at radius 2 is 1.62 bits per heavy atom. The highest BCUT2D eigenvalue weighted by Crippen LogP contribution is 2.44. The smallest absolute Gasteiger partial charge is 0.269 e. The minimum Gasteiger partial charge on any atom is -0.807 e. The van der Waals surface area contributed by atoms with Crippen molar-refractivity contribution in [1.29, 1.82) is 0 Å². The lowest BCUT2D eigenvalue weighted by molar-refractivity contribution is -0.332. The van der Waals surface area contributed by atoms with E-state index in [1.165, 1.54) is 0 Å². The molecule has 0 fully saturated rings. The highest BCUT2D eigenvalue weighted by atomic mass is 31.2. The number of alkyl halides is 2. The standard InChI is InChI=1S/C2H5F2O3P/c1-2(3,4)8(5,6)7/h1H3,(H2,5,6,7)/p-2. The Kier molecular flexibility index (Phi) is 1.76. The fourth-order valence-corrected chi connectivity index (χ4v) is 0. The first-order chi connectivity index (χ1) is 3.25. The van der Waals surface area contributed by atoms with Crippen LogP contribution < -0.4 is 9.79 Å². The van der Waals surface area contributed by atoms with Gasteiger partial charge in [-0.05, 0) is 0 Å². The fraction of sp³-hybridized carbons (Fsp3) is 1.00. The number of hydrogen-bond acceptors (Lipinski definition) is 3. The molecule has 0 bridgehead atoms. The molecule has 3 nitrogen and oxygen atoms in total. The summed E-state index contributed by atoms with van der Waals surface area (Å²) in [4.78, 5) is 18.8. The molecule has 0 saturated carbocycles. The Bertz CT molecular complexity index is 122. The van der Waals surface area contributed by atoms with Crippen LogP contribution in [0.2, 0.25) is 0 Å². The van der Waals surface area contributed by atoms with Gasteiger partial charge in [0.2, 0.25) is 0 Å². The topological polar surface area (TPSA) is 63.2 Å². The summed E-state index contributed by atoms with van der Waals surface area (Å²) in [6.45, 7) is 0.0494. The quantitative estimate of drug-likeness (QED) is 0.466. The summed E-state index contributed by atoms with van der Waals surface area (Å²) in [5, 5.41) is 0. The normalized spacial score (nSPS) is 14.1. The number of rotatable bonds is 1. The van der Waals surface area contributed by atoms with Crippen molar-refractivity contribution in [3.8, 4) is 0 Å². The van der Waals surface area contributed by atoms with Crippen molar-refractivity contribution in [2.24, 2.45) is 0 Å². The molecule has 0 rings (SSSR count). The Morgan fingerprint density at radius 1 is 1.50 bits per heavy atom. The molecule has 0 unspecified atom stereocenters. The molecule has 0 radical (unpaired) electrons. The van der Waals surface area contributed by atoms with Gasteiger partial charge >= 0.3 is 0 Å². The van der Waals surface area contributed by atoms with Gasteiger partial charge in [0.1, 0.15) is 0 Å². The van der Waals surface area contributed by atoms with E-state index in [9.17, 15) is 23.1 Å². The van der Waals surface area contributed by atoms with E-state index in [-0.39, 0.29) is 6.92 Å². The Morgan fingerprint density at radius 3 is 1.62 bits per heavy atom. The second kappa shape index (κ2) is 1.76. The van der Waals surface area contributed by atoms with Crippen molar-refractivity contribution in [2.45, 2.75) is 12.6 Å². The first-order valence-corrected chi connectivity index (χ1v) is 3.19.